The molecule has 1 saturated heterocycles. The Bertz CT molecular complexity index is 750. The quantitative estimate of drug-likeness (QED) is 0.796. The SMILES string of the molecule is COc1cncc(-c2cc(NC(=O)C(C)(C)CCN3CCCC3)n[nH]2)c1. The summed E-state index contributed by atoms with van der Waals surface area (Å²) >= 11 is 0. The van der Waals surface area contributed by atoms with E-state index in [1.807, 2.05) is 26.0 Å². The molecule has 0 spiro atoms. The van der Waals surface area contributed by atoms with Crippen LogP contribution in [0.15, 0.2) is 24.5 Å². The average Bonchev–Trinajstić information content (AvgIpc) is 3.32. The van der Waals surface area contributed by atoms with Crippen molar-refractivity contribution < 1.29 is 9.53 Å². The van der Waals surface area contributed by atoms with Crippen molar-refractivity contribution in [2.24, 2.45) is 5.41 Å². The molecule has 0 aliphatic carbocycles. The van der Waals surface area contributed by atoms with E-state index in [0.717, 1.165) is 37.3 Å². The van der Waals surface area contributed by atoms with Crippen LogP contribution in [-0.4, -0.2) is 52.7 Å². The highest BCUT2D eigenvalue weighted by Crippen LogP contribution is 2.26. The third-order valence-electron chi connectivity index (χ3n) is 4.95. The van der Waals surface area contributed by atoms with Crippen LogP contribution in [0.1, 0.15) is 33.1 Å². The number of ether oxygens (including phenoxy) is 1. The molecule has 1 aliphatic heterocycles. The maximum absolute atomic E-state index is 12.7. The van der Waals surface area contributed by atoms with Gasteiger partial charge < -0.3 is 15.0 Å². The van der Waals surface area contributed by atoms with Crippen LogP contribution in [0.2, 0.25) is 0 Å². The van der Waals surface area contributed by atoms with Crippen LogP contribution < -0.4 is 10.1 Å². The third-order valence-corrected chi connectivity index (χ3v) is 4.95. The highest BCUT2D eigenvalue weighted by atomic mass is 16.5. The number of pyridine rings is 1. The van der Waals surface area contributed by atoms with Gasteiger partial charge in [0.2, 0.25) is 5.91 Å². The Labute approximate surface area is 154 Å². The minimum absolute atomic E-state index is 0.0153. The average molecular weight is 357 g/mol. The Morgan fingerprint density at radius 3 is 2.81 bits per heavy atom. The van der Waals surface area contributed by atoms with Crippen molar-refractivity contribution in [3.8, 4) is 17.0 Å². The van der Waals surface area contributed by atoms with E-state index in [4.69, 9.17) is 4.74 Å². The lowest BCUT2D eigenvalue weighted by atomic mass is 9.88. The number of aromatic amines is 1. The molecule has 2 aromatic rings. The molecule has 0 radical (unpaired) electrons. The summed E-state index contributed by atoms with van der Waals surface area (Å²) in [7, 11) is 1.60. The summed E-state index contributed by atoms with van der Waals surface area (Å²) in [6.07, 6.45) is 6.73. The van der Waals surface area contributed by atoms with E-state index in [1.165, 1.54) is 12.8 Å². The molecular formula is C19H27N5O2. The summed E-state index contributed by atoms with van der Waals surface area (Å²) in [5.41, 5.74) is 1.19. The van der Waals surface area contributed by atoms with E-state index in [0.29, 0.717) is 11.6 Å². The van der Waals surface area contributed by atoms with Crippen molar-refractivity contribution in [1.82, 2.24) is 20.1 Å². The molecule has 0 bridgehead atoms. The van der Waals surface area contributed by atoms with Gasteiger partial charge in [-0.25, -0.2) is 0 Å². The number of nitrogens with one attached hydrogen (secondary N) is 2. The van der Waals surface area contributed by atoms with Gasteiger partial charge in [0, 0.05) is 23.2 Å². The van der Waals surface area contributed by atoms with Crippen molar-refractivity contribution in [3.05, 3.63) is 24.5 Å². The van der Waals surface area contributed by atoms with Crippen molar-refractivity contribution >= 4 is 11.7 Å². The van der Waals surface area contributed by atoms with Gasteiger partial charge in [0.1, 0.15) is 5.75 Å². The fraction of sp³-hybridized carbons (Fsp3) is 0.526. The van der Waals surface area contributed by atoms with Gasteiger partial charge in [-0.2, -0.15) is 5.10 Å². The second-order valence-corrected chi connectivity index (χ2v) is 7.42. The van der Waals surface area contributed by atoms with Gasteiger partial charge >= 0.3 is 0 Å². The minimum atomic E-state index is -0.445. The Hall–Kier alpha value is -2.41. The molecular weight excluding hydrogens is 330 g/mol. The van der Waals surface area contributed by atoms with Crippen LogP contribution in [-0.2, 0) is 4.79 Å². The van der Waals surface area contributed by atoms with Gasteiger partial charge in [-0.3, -0.25) is 14.9 Å². The number of rotatable bonds is 7. The zero-order chi connectivity index (χ0) is 18.6. The number of nitrogens with zero attached hydrogens (tertiary/aromatic N) is 3. The molecule has 1 aliphatic rings. The lowest BCUT2D eigenvalue weighted by molar-refractivity contribution is -0.124. The van der Waals surface area contributed by atoms with E-state index in [9.17, 15) is 4.79 Å². The standard InChI is InChI=1S/C19H27N5O2/c1-19(2,6-9-24-7-4-5-8-24)18(25)21-17-11-16(22-23-17)14-10-15(26-3)13-20-12-14/h10-13H,4-9H2,1-3H3,(H2,21,22,23,25). The maximum atomic E-state index is 12.7. The number of hydrogen-bond acceptors (Lipinski definition) is 5. The Morgan fingerprint density at radius 2 is 2.08 bits per heavy atom. The second kappa shape index (κ2) is 7.86. The molecule has 0 saturated carbocycles. The zero-order valence-electron chi connectivity index (χ0n) is 15.7. The molecule has 7 nitrogen and oxygen atoms in total. The molecule has 0 unspecified atom stereocenters. The highest BCUT2D eigenvalue weighted by molar-refractivity contribution is 5.94. The second-order valence-electron chi connectivity index (χ2n) is 7.42. The van der Waals surface area contributed by atoms with E-state index < -0.39 is 5.41 Å². The first-order chi connectivity index (χ1) is 12.5. The molecule has 2 N–H and O–H groups in total. The topological polar surface area (TPSA) is 83.1 Å². The van der Waals surface area contributed by atoms with Gasteiger partial charge in [0.25, 0.3) is 0 Å². The Kier molecular flexibility index (Phi) is 5.56. The smallest absolute Gasteiger partial charge is 0.231 e. The summed E-state index contributed by atoms with van der Waals surface area (Å²) in [4.78, 5) is 19.2. The first-order valence-corrected chi connectivity index (χ1v) is 9.06. The molecule has 3 rings (SSSR count). The van der Waals surface area contributed by atoms with Crippen LogP contribution >= 0.6 is 0 Å². The maximum Gasteiger partial charge on any atom is 0.231 e. The van der Waals surface area contributed by atoms with Crippen molar-refractivity contribution in [1.29, 1.82) is 0 Å². The van der Waals surface area contributed by atoms with E-state index in [2.05, 4.69) is 25.4 Å². The van der Waals surface area contributed by atoms with E-state index >= 15 is 0 Å². The van der Waals surface area contributed by atoms with E-state index in [-0.39, 0.29) is 5.91 Å². The molecule has 26 heavy (non-hydrogen) atoms. The molecule has 7 heteroatoms. The van der Waals surface area contributed by atoms with Crippen LogP contribution in [0.25, 0.3) is 11.3 Å². The van der Waals surface area contributed by atoms with Crippen molar-refractivity contribution in [2.45, 2.75) is 33.1 Å². The lowest BCUT2D eigenvalue weighted by Gasteiger charge is -2.25. The predicted octanol–water partition coefficient (Wildman–Crippen LogP) is 2.93. The molecule has 2 aromatic heterocycles. The summed E-state index contributed by atoms with van der Waals surface area (Å²) < 4.78 is 5.19. The minimum Gasteiger partial charge on any atom is -0.495 e. The molecule has 0 aromatic carbocycles. The first-order valence-electron chi connectivity index (χ1n) is 9.06. The van der Waals surface area contributed by atoms with Crippen LogP contribution in [0.5, 0.6) is 5.75 Å². The number of anilines is 1. The van der Waals surface area contributed by atoms with Crippen molar-refractivity contribution in [2.75, 3.05) is 32.1 Å². The number of methoxy groups -OCH3 is 1. The van der Waals surface area contributed by atoms with Crippen LogP contribution in [0.4, 0.5) is 5.82 Å². The number of H-pyrrole nitrogens is 1. The fourth-order valence-corrected chi connectivity index (χ4v) is 3.05. The van der Waals surface area contributed by atoms with Gasteiger partial charge in [0.15, 0.2) is 5.82 Å². The number of amides is 1. The molecule has 140 valence electrons. The third kappa shape index (κ3) is 4.40. The summed E-state index contributed by atoms with van der Waals surface area (Å²) in [6, 6.07) is 3.68. The van der Waals surface area contributed by atoms with Crippen LogP contribution in [0.3, 0.4) is 0 Å². The molecule has 0 atom stereocenters. The number of carbonyl (C=O) groups excluding carboxylic acids is 1. The van der Waals surface area contributed by atoms with Gasteiger partial charge in [-0.05, 0) is 45.0 Å². The summed E-state index contributed by atoms with van der Waals surface area (Å²) in [5.74, 6) is 1.17. The first kappa shape index (κ1) is 18.4. The summed E-state index contributed by atoms with van der Waals surface area (Å²) in [6.45, 7) is 7.22. The van der Waals surface area contributed by atoms with Gasteiger partial charge in [-0.1, -0.05) is 13.8 Å². The molecule has 1 amide bonds. The van der Waals surface area contributed by atoms with Gasteiger partial charge in [-0.15, -0.1) is 0 Å². The largest absolute Gasteiger partial charge is 0.495 e. The van der Waals surface area contributed by atoms with Crippen molar-refractivity contribution in [3.63, 3.8) is 0 Å². The van der Waals surface area contributed by atoms with Gasteiger partial charge in [0.05, 0.1) is 19.0 Å². The zero-order valence-corrected chi connectivity index (χ0v) is 15.7. The Balaban J connectivity index is 1.61. The lowest BCUT2D eigenvalue weighted by Crippen LogP contribution is -2.34. The Morgan fingerprint density at radius 1 is 1.31 bits per heavy atom. The monoisotopic (exact) mass is 357 g/mol. The number of aromatic nitrogens is 3. The fourth-order valence-electron chi connectivity index (χ4n) is 3.05. The normalized spacial score (nSPS) is 15.2. The summed E-state index contributed by atoms with van der Waals surface area (Å²) in [5, 5.41) is 10.1. The highest BCUT2D eigenvalue weighted by Gasteiger charge is 2.29. The van der Waals surface area contributed by atoms with Crippen LogP contribution in [0, 0.1) is 5.41 Å². The molecule has 1 fully saturated rings. The number of carbonyl (C=O) groups is 1. The molecule has 3 heterocycles. The number of hydrogen-bond donors (Lipinski definition) is 2. The van der Waals surface area contributed by atoms with E-state index in [1.54, 1.807) is 19.5 Å². The number of likely N-dealkylation sites (tertiary alicyclic amines) is 1. The predicted molar refractivity (Wildman–Crippen MR) is 101 cm³/mol.